The number of ether oxygens (including phenoxy) is 3. The van der Waals surface area contributed by atoms with Crippen molar-refractivity contribution in [3.05, 3.63) is 53.6 Å². The Balaban J connectivity index is 1.92. The van der Waals surface area contributed by atoms with Gasteiger partial charge in [0.25, 0.3) is 0 Å². The summed E-state index contributed by atoms with van der Waals surface area (Å²) in [4.78, 5) is 0. The maximum absolute atomic E-state index is 9.69. The average molecular weight is 298 g/mol. The van der Waals surface area contributed by atoms with Crippen molar-refractivity contribution in [2.45, 2.75) is 12.5 Å². The van der Waals surface area contributed by atoms with Crippen molar-refractivity contribution < 1.29 is 19.3 Å². The van der Waals surface area contributed by atoms with E-state index in [0.717, 1.165) is 34.6 Å². The van der Waals surface area contributed by atoms with Crippen LogP contribution in [0.3, 0.4) is 0 Å². The zero-order valence-corrected chi connectivity index (χ0v) is 12.6. The van der Waals surface area contributed by atoms with Gasteiger partial charge in [-0.1, -0.05) is 18.7 Å². The van der Waals surface area contributed by atoms with Crippen LogP contribution in [0, 0.1) is 0 Å². The summed E-state index contributed by atoms with van der Waals surface area (Å²) in [6.07, 6.45) is 2.43. The molecule has 0 aliphatic carbocycles. The van der Waals surface area contributed by atoms with Crippen LogP contribution in [-0.2, 0) is 6.42 Å². The largest absolute Gasteiger partial charge is 0.504 e. The fourth-order valence-electron chi connectivity index (χ4n) is 2.71. The molecule has 0 amide bonds. The van der Waals surface area contributed by atoms with Crippen LogP contribution in [0.1, 0.15) is 22.8 Å². The second-order valence-electron chi connectivity index (χ2n) is 5.15. The molecule has 1 aliphatic heterocycles. The Kier molecular flexibility index (Phi) is 3.67. The lowest BCUT2D eigenvalue weighted by Gasteiger charge is -2.13. The fraction of sp³-hybridized carbons (Fsp3) is 0.222. The minimum Gasteiger partial charge on any atom is -0.504 e. The maximum atomic E-state index is 9.69. The summed E-state index contributed by atoms with van der Waals surface area (Å²) in [5, 5.41) is 9.69. The van der Waals surface area contributed by atoms with Crippen LogP contribution in [0.25, 0.3) is 6.08 Å². The first-order chi connectivity index (χ1) is 10.7. The molecule has 0 saturated carbocycles. The topological polar surface area (TPSA) is 47.9 Å². The van der Waals surface area contributed by atoms with Crippen LogP contribution in [0.4, 0.5) is 0 Å². The number of aromatic hydroxyl groups is 1. The standard InChI is InChI=1S/C18H18O4/c1-4-11-7-13-9-16(22-17(13)10-15(11)20-2)12-5-6-14(19)18(8-12)21-3/h4-8,10,16,19H,1,9H2,2-3H3. The van der Waals surface area contributed by atoms with E-state index in [1.54, 1.807) is 25.3 Å². The lowest BCUT2D eigenvalue weighted by molar-refractivity contribution is 0.237. The van der Waals surface area contributed by atoms with Gasteiger partial charge in [-0.15, -0.1) is 0 Å². The van der Waals surface area contributed by atoms with E-state index in [9.17, 15) is 5.11 Å². The molecule has 2 aromatic carbocycles. The van der Waals surface area contributed by atoms with Crippen molar-refractivity contribution in [3.8, 4) is 23.0 Å². The molecule has 1 unspecified atom stereocenters. The summed E-state index contributed by atoms with van der Waals surface area (Å²) in [6, 6.07) is 9.20. The van der Waals surface area contributed by atoms with Gasteiger partial charge < -0.3 is 19.3 Å². The van der Waals surface area contributed by atoms with E-state index < -0.39 is 0 Å². The lowest BCUT2D eigenvalue weighted by atomic mass is 10.0. The van der Waals surface area contributed by atoms with Gasteiger partial charge in [0.05, 0.1) is 14.2 Å². The molecule has 0 fully saturated rings. The third-order valence-corrected chi connectivity index (χ3v) is 3.88. The monoisotopic (exact) mass is 298 g/mol. The second kappa shape index (κ2) is 5.64. The van der Waals surface area contributed by atoms with Crippen molar-refractivity contribution in [3.63, 3.8) is 0 Å². The van der Waals surface area contributed by atoms with E-state index in [1.165, 1.54) is 7.11 Å². The molecule has 22 heavy (non-hydrogen) atoms. The van der Waals surface area contributed by atoms with Gasteiger partial charge in [-0.25, -0.2) is 0 Å². The fourth-order valence-corrected chi connectivity index (χ4v) is 2.71. The quantitative estimate of drug-likeness (QED) is 0.934. The lowest BCUT2D eigenvalue weighted by Crippen LogP contribution is -2.03. The zero-order valence-electron chi connectivity index (χ0n) is 12.6. The van der Waals surface area contributed by atoms with Crippen molar-refractivity contribution >= 4 is 6.08 Å². The van der Waals surface area contributed by atoms with Gasteiger partial charge in [-0.05, 0) is 29.3 Å². The van der Waals surface area contributed by atoms with E-state index in [4.69, 9.17) is 14.2 Å². The van der Waals surface area contributed by atoms with Crippen LogP contribution >= 0.6 is 0 Å². The molecule has 4 nitrogen and oxygen atoms in total. The Bertz CT molecular complexity index is 721. The van der Waals surface area contributed by atoms with Crippen LogP contribution < -0.4 is 14.2 Å². The van der Waals surface area contributed by atoms with Crippen molar-refractivity contribution in [2.24, 2.45) is 0 Å². The van der Waals surface area contributed by atoms with E-state index in [0.29, 0.717) is 5.75 Å². The predicted octanol–water partition coefficient (Wildman–Crippen LogP) is 3.73. The van der Waals surface area contributed by atoms with Crippen molar-refractivity contribution in [1.29, 1.82) is 0 Å². The minimum atomic E-state index is -0.103. The summed E-state index contributed by atoms with van der Waals surface area (Å²) >= 11 is 0. The van der Waals surface area contributed by atoms with Gasteiger partial charge in [-0.3, -0.25) is 0 Å². The predicted molar refractivity (Wildman–Crippen MR) is 84.8 cm³/mol. The van der Waals surface area contributed by atoms with Gasteiger partial charge in [0.15, 0.2) is 11.5 Å². The summed E-state index contributed by atoms with van der Waals surface area (Å²) in [5.41, 5.74) is 3.03. The molecular formula is C18H18O4. The van der Waals surface area contributed by atoms with E-state index in [-0.39, 0.29) is 11.9 Å². The van der Waals surface area contributed by atoms with Gasteiger partial charge >= 0.3 is 0 Å². The normalized spacial score (nSPS) is 15.8. The number of fused-ring (bicyclic) bond motifs is 1. The van der Waals surface area contributed by atoms with Crippen LogP contribution in [-0.4, -0.2) is 19.3 Å². The zero-order chi connectivity index (χ0) is 15.7. The molecule has 1 heterocycles. The first-order valence-electron chi connectivity index (χ1n) is 7.03. The molecule has 0 radical (unpaired) electrons. The SMILES string of the molecule is C=Cc1cc2c(cc1OC)OC(c1ccc(O)c(OC)c1)C2. The molecule has 2 aromatic rings. The molecule has 0 aromatic heterocycles. The molecule has 4 heteroatoms. The first kappa shape index (κ1) is 14.3. The summed E-state index contributed by atoms with van der Waals surface area (Å²) in [6.45, 7) is 3.81. The third kappa shape index (κ3) is 2.37. The van der Waals surface area contributed by atoms with Crippen molar-refractivity contribution in [1.82, 2.24) is 0 Å². The van der Waals surface area contributed by atoms with Gasteiger partial charge in [0, 0.05) is 18.1 Å². The number of hydrogen-bond donors (Lipinski definition) is 1. The molecule has 1 N–H and O–H groups in total. The molecule has 0 spiro atoms. The van der Waals surface area contributed by atoms with Crippen LogP contribution in [0.15, 0.2) is 36.9 Å². The summed E-state index contributed by atoms with van der Waals surface area (Å²) in [7, 11) is 3.16. The highest BCUT2D eigenvalue weighted by Gasteiger charge is 2.26. The smallest absolute Gasteiger partial charge is 0.160 e. The Morgan fingerprint density at radius 3 is 2.64 bits per heavy atom. The highest BCUT2D eigenvalue weighted by molar-refractivity contribution is 5.61. The molecular weight excluding hydrogens is 280 g/mol. The molecule has 114 valence electrons. The number of hydrogen-bond acceptors (Lipinski definition) is 4. The highest BCUT2D eigenvalue weighted by Crippen LogP contribution is 2.42. The van der Waals surface area contributed by atoms with E-state index in [1.807, 2.05) is 18.2 Å². The van der Waals surface area contributed by atoms with Crippen molar-refractivity contribution in [2.75, 3.05) is 14.2 Å². The molecule has 1 aliphatic rings. The van der Waals surface area contributed by atoms with Crippen LogP contribution in [0.5, 0.6) is 23.0 Å². The van der Waals surface area contributed by atoms with Gasteiger partial charge in [-0.2, -0.15) is 0 Å². The molecule has 0 saturated heterocycles. The first-order valence-corrected chi connectivity index (χ1v) is 7.03. The number of benzene rings is 2. The summed E-state index contributed by atoms with van der Waals surface area (Å²) in [5.74, 6) is 2.14. The van der Waals surface area contributed by atoms with Gasteiger partial charge in [0.1, 0.15) is 17.6 Å². The van der Waals surface area contributed by atoms with E-state index >= 15 is 0 Å². The molecule has 3 rings (SSSR count). The Labute approximate surface area is 129 Å². The Hall–Kier alpha value is -2.62. The highest BCUT2D eigenvalue weighted by atomic mass is 16.5. The molecule has 1 atom stereocenters. The number of rotatable bonds is 4. The second-order valence-corrected chi connectivity index (χ2v) is 5.15. The number of phenols is 1. The van der Waals surface area contributed by atoms with Gasteiger partial charge in [0.2, 0.25) is 0 Å². The Morgan fingerprint density at radius 1 is 1.18 bits per heavy atom. The molecule has 0 bridgehead atoms. The number of methoxy groups -OCH3 is 2. The van der Waals surface area contributed by atoms with Crippen LogP contribution in [0.2, 0.25) is 0 Å². The third-order valence-electron chi connectivity index (χ3n) is 3.88. The number of phenolic OH excluding ortho intramolecular Hbond substituents is 1. The van der Waals surface area contributed by atoms with E-state index in [2.05, 4.69) is 6.58 Å². The summed E-state index contributed by atoms with van der Waals surface area (Å²) < 4.78 is 16.5. The minimum absolute atomic E-state index is 0.103. The Morgan fingerprint density at radius 2 is 1.95 bits per heavy atom. The maximum Gasteiger partial charge on any atom is 0.160 e. The average Bonchev–Trinajstić information content (AvgIpc) is 2.96.